The van der Waals surface area contributed by atoms with E-state index in [0.717, 1.165) is 12.8 Å². The van der Waals surface area contributed by atoms with Gasteiger partial charge in [0.25, 0.3) is 0 Å². The molecule has 0 aliphatic carbocycles. The van der Waals surface area contributed by atoms with Crippen molar-refractivity contribution in [1.29, 1.82) is 0 Å². The Labute approximate surface area is 185 Å². The fourth-order valence-corrected chi connectivity index (χ4v) is 4.95. The molecule has 1 saturated heterocycles. The Hall–Kier alpha value is -0.880. The second-order valence-electron chi connectivity index (χ2n) is 8.55. The van der Waals surface area contributed by atoms with Crippen molar-refractivity contribution in [3.8, 4) is 0 Å². The van der Waals surface area contributed by atoms with Crippen LogP contribution in [0, 0.1) is 0 Å². The molecular weight excluding hydrogens is 398 g/mol. The van der Waals surface area contributed by atoms with Gasteiger partial charge in [-0.05, 0) is 32.1 Å². The maximum atomic E-state index is 11.8. The van der Waals surface area contributed by atoms with Crippen LogP contribution in [-0.2, 0) is 19.4 Å². The summed E-state index contributed by atoms with van der Waals surface area (Å²) in [6, 6.07) is 0. The Kier molecular flexibility index (Phi) is 16.1. The minimum absolute atomic E-state index is 0.128. The Balaban J connectivity index is 1.82. The molecule has 5 nitrogen and oxygen atoms in total. The molecule has 30 heavy (non-hydrogen) atoms. The maximum Gasteiger partial charge on any atom is 0.305 e. The number of unbranched alkanes of at least 4 members (excludes halogenated alkanes) is 11. The van der Waals surface area contributed by atoms with Gasteiger partial charge < -0.3 is 4.74 Å². The minimum Gasteiger partial charge on any atom is -0.464 e. The second kappa shape index (κ2) is 17.8. The summed E-state index contributed by atoms with van der Waals surface area (Å²) in [4.78, 5) is 13.8. The molecule has 0 bridgehead atoms. The fraction of sp³-hybridized carbons (Fsp3) is 0.875. The summed E-state index contributed by atoms with van der Waals surface area (Å²) < 4.78 is 28.0. The van der Waals surface area contributed by atoms with Crippen LogP contribution in [0.2, 0.25) is 0 Å². The largest absolute Gasteiger partial charge is 0.464 e. The third-order valence-electron chi connectivity index (χ3n) is 5.75. The number of nitrogens with zero attached hydrogens (tertiary/aromatic N) is 1. The van der Waals surface area contributed by atoms with Crippen molar-refractivity contribution < 1.29 is 17.9 Å². The molecule has 0 aromatic rings. The molecule has 0 aromatic heterocycles. The molecule has 0 amide bonds. The number of ether oxygens (including phenoxy) is 1. The molecule has 176 valence electrons. The molecule has 1 heterocycles. The van der Waals surface area contributed by atoms with Gasteiger partial charge in [0.05, 0.1) is 11.5 Å². The first-order valence-corrected chi connectivity index (χ1v) is 14.1. The lowest BCUT2D eigenvalue weighted by molar-refractivity contribution is -0.144. The highest BCUT2D eigenvalue weighted by atomic mass is 32.2. The summed E-state index contributed by atoms with van der Waals surface area (Å²) in [6.45, 7) is 4.36. The van der Waals surface area contributed by atoms with Gasteiger partial charge in [0, 0.05) is 26.1 Å². The lowest BCUT2D eigenvalue weighted by Gasteiger charge is -2.26. The van der Waals surface area contributed by atoms with Crippen LogP contribution in [0.1, 0.15) is 96.8 Å². The lowest BCUT2D eigenvalue weighted by atomic mass is 10.1. The standard InChI is InChI=1S/C24H45NO4S/c1-2-3-4-5-6-7-8-9-10-11-12-13-14-15-16-17-24(26)29-21-18-25-19-22-30(27,28)23-20-25/h9-10H,2-8,11-23H2,1H3. The average molecular weight is 444 g/mol. The first kappa shape index (κ1) is 27.2. The summed E-state index contributed by atoms with van der Waals surface area (Å²) in [5.41, 5.74) is 0. The maximum absolute atomic E-state index is 11.8. The molecule has 0 atom stereocenters. The zero-order valence-corrected chi connectivity index (χ0v) is 20.1. The van der Waals surface area contributed by atoms with Crippen molar-refractivity contribution in [2.24, 2.45) is 0 Å². The summed E-state index contributed by atoms with van der Waals surface area (Å²) >= 11 is 0. The molecule has 0 saturated carbocycles. The predicted octanol–water partition coefficient (Wildman–Crippen LogP) is 5.30. The van der Waals surface area contributed by atoms with Crippen molar-refractivity contribution in [1.82, 2.24) is 4.90 Å². The number of sulfone groups is 1. The number of carbonyl (C=O) groups is 1. The van der Waals surface area contributed by atoms with Gasteiger partial charge in [0.2, 0.25) is 0 Å². The highest BCUT2D eigenvalue weighted by Gasteiger charge is 2.21. The van der Waals surface area contributed by atoms with Crippen LogP contribution < -0.4 is 0 Å². The first-order valence-electron chi connectivity index (χ1n) is 12.3. The molecule has 0 N–H and O–H groups in total. The van der Waals surface area contributed by atoms with Gasteiger partial charge in [-0.25, -0.2) is 8.42 Å². The normalized spacial score (nSPS) is 16.8. The molecule has 0 aromatic carbocycles. The molecular formula is C24H45NO4S. The van der Waals surface area contributed by atoms with Crippen molar-refractivity contribution in [2.45, 2.75) is 96.8 Å². The minimum atomic E-state index is -2.84. The molecule has 1 fully saturated rings. The highest BCUT2D eigenvalue weighted by molar-refractivity contribution is 7.91. The van der Waals surface area contributed by atoms with Gasteiger partial charge in [0.15, 0.2) is 9.84 Å². The van der Waals surface area contributed by atoms with Crippen LogP contribution in [-0.4, -0.2) is 57.0 Å². The topological polar surface area (TPSA) is 63.7 Å². The number of esters is 1. The van der Waals surface area contributed by atoms with Crippen LogP contribution in [0.25, 0.3) is 0 Å². The average Bonchev–Trinajstić information content (AvgIpc) is 2.72. The summed E-state index contributed by atoms with van der Waals surface area (Å²) in [7, 11) is -2.84. The zero-order valence-electron chi connectivity index (χ0n) is 19.3. The van der Waals surface area contributed by atoms with E-state index < -0.39 is 9.84 Å². The number of allylic oxidation sites excluding steroid dienone is 2. The number of rotatable bonds is 18. The number of carbonyl (C=O) groups excluding carboxylic acids is 1. The Bertz CT molecular complexity index is 546. The smallest absolute Gasteiger partial charge is 0.305 e. The van der Waals surface area contributed by atoms with E-state index >= 15 is 0 Å². The molecule has 1 rings (SSSR count). The van der Waals surface area contributed by atoms with Crippen molar-refractivity contribution in [3.63, 3.8) is 0 Å². The summed E-state index contributed by atoms with van der Waals surface area (Å²) in [6.07, 6.45) is 21.4. The lowest BCUT2D eigenvalue weighted by Crippen LogP contribution is -2.41. The predicted molar refractivity (Wildman–Crippen MR) is 126 cm³/mol. The van der Waals surface area contributed by atoms with Gasteiger partial charge >= 0.3 is 5.97 Å². The monoisotopic (exact) mass is 443 g/mol. The molecule has 0 unspecified atom stereocenters. The SMILES string of the molecule is CCCCCCCCC=CCCCCCCCC(=O)OCCN1CCS(=O)(=O)CC1. The van der Waals surface area contributed by atoms with Gasteiger partial charge in [-0.15, -0.1) is 0 Å². The number of hydrogen-bond acceptors (Lipinski definition) is 5. The van der Waals surface area contributed by atoms with Gasteiger partial charge in [-0.2, -0.15) is 0 Å². The Morgan fingerprint density at radius 2 is 1.37 bits per heavy atom. The summed E-state index contributed by atoms with van der Waals surface area (Å²) in [5.74, 6) is 0.309. The Morgan fingerprint density at radius 1 is 0.833 bits per heavy atom. The second-order valence-corrected chi connectivity index (χ2v) is 10.9. The van der Waals surface area contributed by atoms with E-state index in [-0.39, 0.29) is 17.5 Å². The fourth-order valence-electron chi connectivity index (χ4n) is 3.67. The highest BCUT2D eigenvalue weighted by Crippen LogP contribution is 2.10. The van der Waals surface area contributed by atoms with Crippen LogP contribution in [0.3, 0.4) is 0 Å². The third kappa shape index (κ3) is 15.9. The third-order valence-corrected chi connectivity index (χ3v) is 7.36. The van der Waals surface area contributed by atoms with Gasteiger partial charge in [-0.3, -0.25) is 9.69 Å². The van der Waals surface area contributed by atoms with E-state index in [1.54, 1.807) is 0 Å². The van der Waals surface area contributed by atoms with Gasteiger partial charge in [0.1, 0.15) is 6.61 Å². The van der Waals surface area contributed by atoms with Crippen LogP contribution in [0.5, 0.6) is 0 Å². The molecule has 0 radical (unpaired) electrons. The zero-order chi connectivity index (χ0) is 21.9. The van der Waals surface area contributed by atoms with Crippen LogP contribution in [0.15, 0.2) is 12.2 Å². The van der Waals surface area contributed by atoms with E-state index in [4.69, 9.17) is 4.74 Å². The van der Waals surface area contributed by atoms with Crippen molar-refractivity contribution in [2.75, 3.05) is 37.7 Å². The van der Waals surface area contributed by atoms with Crippen LogP contribution in [0.4, 0.5) is 0 Å². The molecule has 1 aliphatic rings. The Morgan fingerprint density at radius 3 is 1.97 bits per heavy atom. The molecule has 1 aliphatic heterocycles. The van der Waals surface area contributed by atoms with E-state index in [0.29, 0.717) is 32.7 Å². The first-order chi connectivity index (χ1) is 14.5. The van der Waals surface area contributed by atoms with E-state index in [1.807, 2.05) is 0 Å². The number of hydrogen-bond donors (Lipinski definition) is 0. The molecule has 0 spiro atoms. The van der Waals surface area contributed by atoms with Gasteiger partial charge in [-0.1, -0.05) is 70.4 Å². The quantitative estimate of drug-likeness (QED) is 0.163. The molecule has 6 heteroatoms. The van der Waals surface area contributed by atoms with E-state index in [9.17, 15) is 13.2 Å². The van der Waals surface area contributed by atoms with Crippen molar-refractivity contribution >= 4 is 15.8 Å². The summed E-state index contributed by atoms with van der Waals surface area (Å²) in [5, 5.41) is 0. The van der Waals surface area contributed by atoms with Crippen LogP contribution >= 0.6 is 0 Å². The van der Waals surface area contributed by atoms with Crippen molar-refractivity contribution in [3.05, 3.63) is 12.2 Å². The van der Waals surface area contributed by atoms with E-state index in [2.05, 4.69) is 24.0 Å². The van der Waals surface area contributed by atoms with E-state index in [1.165, 1.54) is 70.6 Å².